The third-order valence-corrected chi connectivity index (χ3v) is 5.02. The molecule has 1 N–H and O–H groups in total. The Labute approximate surface area is 114 Å². The van der Waals surface area contributed by atoms with Gasteiger partial charge in [0.2, 0.25) is 0 Å². The highest BCUT2D eigenvalue weighted by atomic mass is 15.2. The molecule has 1 saturated heterocycles. The van der Waals surface area contributed by atoms with Gasteiger partial charge in [0.15, 0.2) is 0 Å². The number of rotatable bonds is 4. The van der Waals surface area contributed by atoms with Crippen molar-refractivity contribution < 1.29 is 0 Å². The molecule has 1 aliphatic heterocycles. The second-order valence-electron chi connectivity index (χ2n) is 6.17. The van der Waals surface area contributed by atoms with Gasteiger partial charge in [0.05, 0.1) is 0 Å². The summed E-state index contributed by atoms with van der Waals surface area (Å²) in [5.74, 6) is 0. The lowest BCUT2D eigenvalue weighted by atomic mass is 9.90. The fourth-order valence-corrected chi connectivity index (χ4v) is 4.10. The topological polar surface area (TPSA) is 15.3 Å². The number of nitrogens with one attached hydrogen (secondary N) is 1. The lowest BCUT2D eigenvalue weighted by Crippen LogP contribution is -2.52. The third kappa shape index (κ3) is 3.48. The van der Waals surface area contributed by atoms with Gasteiger partial charge in [0.25, 0.3) is 0 Å². The molecular weight excluding hydrogens is 220 g/mol. The smallest absolute Gasteiger partial charge is 0.0252 e. The largest absolute Gasteiger partial charge is 0.313 e. The monoisotopic (exact) mass is 252 g/mol. The van der Waals surface area contributed by atoms with Gasteiger partial charge in [-0.15, -0.1) is 0 Å². The Bertz CT molecular complexity index is 229. The zero-order valence-electron chi connectivity index (χ0n) is 12.5. The average molecular weight is 252 g/mol. The molecule has 0 aromatic heterocycles. The van der Waals surface area contributed by atoms with Crippen molar-refractivity contribution in [3.63, 3.8) is 0 Å². The minimum atomic E-state index is 0.752. The first-order chi connectivity index (χ1) is 8.86. The number of likely N-dealkylation sites (tertiary alicyclic amines) is 1. The number of nitrogens with zero attached hydrogens (tertiary/aromatic N) is 1. The number of hydrogen-bond acceptors (Lipinski definition) is 2. The maximum absolute atomic E-state index is 3.78. The fourth-order valence-electron chi connectivity index (χ4n) is 4.10. The summed E-state index contributed by atoms with van der Waals surface area (Å²) in [4.78, 5) is 2.86. The molecule has 2 nitrogen and oxygen atoms in total. The molecule has 1 heterocycles. The molecule has 2 fully saturated rings. The highest BCUT2D eigenvalue weighted by Gasteiger charge is 2.33. The van der Waals surface area contributed by atoms with Crippen molar-refractivity contribution in [2.75, 3.05) is 13.1 Å². The van der Waals surface area contributed by atoms with Crippen LogP contribution in [-0.2, 0) is 0 Å². The first kappa shape index (κ1) is 14.3. The zero-order valence-corrected chi connectivity index (χ0v) is 12.5. The molecule has 0 spiro atoms. The van der Waals surface area contributed by atoms with Gasteiger partial charge < -0.3 is 5.32 Å². The van der Waals surface area contributed by atoms with Crippen LogP contribution in [0.1, 0.15) is 71.6 Å². The molecule has 0 radical (unpaired) electrons. The van der Waals surface area contributed by atoms with Crippen molar-refractivity contribution in [1.82, 2.24) is 10.2 Å². The van der Waals surface area contributed by atoms with Crippen LogP contribution in [0.3, 0.4) is 0 Å². The molecular formula is C16H32N2. The molecule has 1 aliphatic carbocycles. The van der Waals surface area contributed by atoms with Gasteiger partial charge in [-0.1, -0.05) is 39.5 Å². The van der Waals surface area contributed by atoms with Gasteiger partial charge in [0, 0.05) is 18.1 Å². The maximum atomic E-state index is 3.78. The zero-order chi connectivity index (χ0) is 12.8. The Morgan fingerprint density at radius 1 is 0.944 bits per heavy atom. The highest BCUT2D eigenvalue weighted by Crippen LogP contribution is 2.29. The fraction of sp³-hybridized carbons (Fsp3) is 1.00. The van der Waals surface area contributed by atoms with Gasteiger partial charge in [-0.25, -0.2) is 0 Å². The summed E-state index contributed by atoms with van der Waals surface area (Å²) in [5, 5.41) is 3.78. The molecule has 1 saturated carbocycles. The van der Waals surface area contributed by atoms with E-state index in [0.29, 0.717) is 0 Å². The molecule has 2 rings (SSSR count). The van der Waals surface area contributed by atoms with Crippen molar-refractivity contribution in [3.8, 4) is 0 Å². The Balaban J connectivity index is 2.03. The quantitative estimate of drug-likeness (QED) is 0.823. The van der Waals surface area contributed by atoms with Gasteiger partial charge in [0.1, 0.15) is 0 Å². The van der Waals surface area contributed by atoms with Gasteiger partial charge in [-0.2, -0.15) is 0 Å². The standard InChI is InChI=1S/C16H32N2/c1-3-14-10-9-13-18(14)16-12-8-6-5-7-11-15(16)17-4-2/h14-17H,3-13H2,1-2H3. The van der Waals surface area contributed by atoms with E-state index in [1.165, 1.54) is 64.3 Å². The SMILES string of the molecule is CCNC1CCCCCCC1N1CCCC1CC. The van der Waals surface area contributed by atoms with Crippen molar-refractivity contribution >= 4 is 0 Å². The Kier molecular flexibility index (Phi) is 5.97. The third-order valence-electron chi connectivity index (χ3n) is 5.02. The van der Waals surface area contributed by atoms with Crippen molar-refractivity contribution in [3.05, 3.63) is 0 Å². The van der Waals surface area contributed by atoms with Gasteiger partial charge in [-0.3, -0.25) is 4.90 Å². The molecule has 0 bridgehead atoms. The predicted octanol–water partition coefficient (Wildman–Crippen LogP) is 3.56. The summed E-state index contributed by atoms with van der Waals surface area (Å²) in [5.41, 5.74) is 0. The van der Waals surface area contributed by atoms with Crippen molar-refractivity contribution in [2.24, 2.45) is 0 Å². The van der Waals surface area contributed by atoms with E-state index in [1.54, 1.807) is 0 Å². The van der Waals surface area contributed by atoms with Crippen LogP contribution in [0.4, 0.5) is 0 Å². The molecule has 0 aromatic carbocycles. The molecule has 18 heavy (non-hydrogen) atoms. The van der Waals surface area contributed by atoms with E-state index in [2.05, 4.69) is 24.1 Å². The molecule has 3 unspecified atom stereocenters. The summed E-state index contributed by atoms with van der Waals surface area (Å²) >= 11 is 0. The average Bonchev–Trinajstić information content (AvgIpc) is 2.81. The van der Waals surface area contributed by atoms with E-state index in [-0.39, 0.29) is 0 Å². The van der Waals surface area contributed by atoms with Crippen LogP contribution in [0.2, 0.25) is 0 Å². The highest BCUT2D eigenvalue weighted by molar-refractivity contribution is 4.91. The first-order valence-corrected chi connectivity index (χ1v) is 8.36. The van der Waals surface area contributed by atoms with Crippen LogP contribution in [0, 0.1) is 0 Å². The molecule has 2 heteroatoms. The number of likely N-dealkylation sites (N-methyl/N-ethyl adjacent to an activating group) is 1. The summed E-state index contributed by atoms with van der Waals surface area (Å²) in [6.45, 7) is 7.11. The van der Waals surface area contributed by atoms with Crippen LogP contribution in [-0.4, -0.2) is 36.1 Å². The van der Waals surface area contributed by atoms with E-state index in [4.69, 9.17) is 0 Å². The normalized spacial score (nSPS) is 35.3. The van der Waals surface area contributed by atoms with Crippen LogP contribution in [0.5, 0.6) is 0 Å². The Hall–Kier alpha value is -0.0800. The minimum absolute atomic E-state index is 0.752. The van der Waals surface area contributed by atoms with Crippen LogP contribution >= 0.6 is 0 Å². The van der Waals surface area contributed by atoms with Gasteiger partial charge in [-0.05, 0) is 45.2 Å². The van der Waals surface area contributed by atoms with Gasteiger partial charge >= 0.3 is 0 Å². The van der Waals surface area contributed by atoms with Crippen LogP contribution < -0.4 is 5.32 Å². The Morgan fingerprint density at radius 3 is 2.44 bits per heavy atom. The summed E-state index contributed by atoms with van der Waals surface area (Å²) in [6, 6.07) is 2.44. The van der Waals surface area contributed by atoms with Crippen molar-refractivity contribution in [2.45, 2.75) is 89.8 Å². The molecule has 0 amide bonds. The summed E-state index contributed by atoms with van der Waals surface area (Å²) in [6.07, 6.45) is 12.8. The van der Waals surface area contributed by atoms with E-state index in [0.717, 1.165) is 24.7 Å². The molecule has 106 valence electrons. The van der Waals surface area contributed by atoms with Crippen molar-refractivity contribution in [1.29, 1.82) is 0 Å². The molecule has 0 aromatic rings. The molecule has 2 aliphatic rings. The summed E-state index contributed by atoms with van der Waals surface area (Å²) < 4.78 is 0. The maximum Gasteiger partial charge on any atom is 0.0252 e. The van der Waals surface area contributed by atoms with Crippen LogP contribution in [0.25, 0.3) is 0 Å². The second kappa shape index (κ2) is 7.49. The van der Waals surface area contributed by atoms with Crippen LogP contribution in [0.15, 0.2) is 0 Å². The minimum Gasteiger partial charge on any atom is -0.313 e. The van der Waals surface area contributed by atoms with E-state index in [9.17, 15) is 0 Å². The number of hydrogen-bond donors (Lipinski definition) is 1. The Morgan fingerprint density at radius 2 is 1.72 bits per heavy atom. The van der Waals surface area contributed by atoms with E-state index >= 15 is 0 Å². The lowest BCUT2D eigenvalue weighted by molar-refractivity contribution is 0.119. The summed E-state index contributed by atoms with van der Waals surface area (Å²) in [7, 11) is 0. The lowest BCUT2D eigenvalue weighted by Gasteiger charge is -2.39. The first-order valence-electron chi connectivity index (χ1n) is 8.36. The molecule has 3 atom stereocenters. The van der Waals surface area contributed by atoms with E-state index < -0.39 is 0 Å². The van der Waals surface area contributed by atoms with E-state index in [1.807, 2.05) is 0 Å². The predicted molar refractivity (Wildman–Crippen MR) is 79.0 cm³/mol. The second-order valence-corrected chi connectivity index (χ2v) is 6.17.